The fourth-order valence-electron chi connectivity index (χ4n) is 4.05. The third kappa shape index (κ3) is 7.44. The monoisotopic (exact) mass is 376 g/mol. The SMILES string of the molecule is OC1CCC(c2ccc(OCCCCCCOC3CCCCO3)cc2)CC1. The molecule has 4 heteroatoms. The number of rotatable bonds is 10. The molecule has 1 saturated carbocycles. The number of hydrogen-bond donors (Lipinski definition) is 1. The first-order valence-corrected chi connectivity index (χ1v) is 11.0. The van der Waals surface area contributed by atoms with E-state index in [2.05, 4.69) is 24.3 Å². The molecule has 0 bridgehead atoms. The highest BCUT2D eigenvalue weighted by Crippen LogP contribution is 2.33. The predicted octanol–water partition coefficient (Wildman–Crippen LogP) is 5.19. The molecule has 1 aliphatic carbocycles. The van der Waals surface area contributed by atoms with Crippen LogP contribution in [-0.2, 0) is 9.47 Å². The molecule has 1 N–H and O–H groups in total. The van der Waals surface area contributed by atoms with Gasteiger partial charge < -0.3 is 19.3 Å². The number of aliphatic hydroxyl groups excluding tert-OH is 1. The summed E-state index contributed by atoms with van der Waals surface area (Å²) in [6.45, 7) is 2.44. The van der Waals surface area contributed by atoms with Gasteiger partial charge in [-0.2, -0.15) is 0 Å². The molecule has 1 atom stereocenters. The van der Waals surface area contributed by atoms with Crippen molar-refractivity contribution >= 4 is 0 Å². The summed E-state index contributed by atoms with van der Waals surface area (Å²) < 4.78 is 17.2. The highest BCUT2D eigenvalue weighted by molar-refractivity contribution is 5.29. The van der Waals surface area contributed by atoms with Gasteiger partial charge in [0.25, 0.3) is 0 Å². The van der Waals surface area contributed by atoms with E-state index < -0.39 is 0 Å². The second-order valence-corrected chi connectivity index (χ2v) is 8.00. The van der Waals surface area contributed by atoms with Crippen molar-refractivity contribution in [2.24, 2.45) is 0 Å². The average molecular weight is 377 g/mol. The van der Waals surface area contributed by atoms with Gasteiger partial charge in [-0.05, 0) is 87.8 Å². The lowest BCUT2D eigenvalue weighted by Gasteiger charge is -2.25. The quantitative estimate of drug-likeness (QED) is 0.571. The summed E-state index contributed by atoms with van der Waals surface area (Å²) >= 11 is 0. The molecule has 0 amide bonds. The van der Waals surface area contributed by atoms with E-state index in [1.165, 1.54) is 31.2 Å². The fourth-order valence-corrected chi connectivity index (χ4v) is 4.05. The van der Waals surface area contributed by atoms with Crippen LogP contribution in [0, 0.1) is 0 Å². The van der Waals surface area contributed by atoms with Crippen molar-refractivity contribution in [3.05, 3.63) is 29.8 Å². The normalized spacial score (nSPS) is 26.0. The summed E-state index contributed by atoms with van der Waals surface area (Å²) in [6, 6.07) is 8.58. The molecule has 27 heavy (non-hydrogen) atoms. The van der Waals surface area contributed by atoms with Crippen LogP contribution in [0.4, 0.5) is 0 Å². The number of aliphatic hydroxyl groups is 1. The zero-order valence-corrected chi connectivity index (χ0v) is 16.6. The molecule has 1 aromatic rings. The van der Waals surface area contributed by atoms with E-state index in [9.17, 15) is 5.11 Å². The molecule has 1 heterocycles. The van der Waals surface area contributed by atoms with E-state index in [1.54, 1.807) is 0 Å². The van der Waals surface area contributed by atoms with Crippen LogP contribution in [0.2, 0.25) is 0 Å². The minimum atomic E-state index is -0.0870. The van der Waals surface area contributed by atoms with E-state index in [-0.39, 0.29) is 12.4 Å². The van der Waals surface area contributed by atoms with E-state index in [0.717, 1.165) is 70.5 Å². The highest BCUT2D eigenvalue weighted by Gasteiger charge is 2.20. The summed E-state index contributed by atoms with van der Waals surface area (Å²) in [6.07, 6.45) is 12.0. The van der Waals surface area contributed by atoms with E-state index >= 15 is 0 Å². The molecular formula is C23H36O4. The van der Waals surface area contributed by atoms with Gasteiger partial charge >= 0.3 is 0 Å². The fraction of sp³-hybridized carbons (Fsp3) is 0.739. The molecule has 4 nitrogen and oxygen atoms in total. The van der Waals surface area contributed by atoms with Gasteiger partial charge in [0.05, 0.1) is 12.7 Å². The predicted molar refractivity (Wildman–Crippen MR) is 107 cm³/mol. The van der Waals surface area contributed by atoms with Crippen molar-refractivity contribution in [3.8, 4) is 5.75 Å². The van der Waals surface area contributed by atoms with Crippen molar-refractivity contribution in [1.29, 1.82) is 0 Å². The Hall–Kier alpha value is -1.10. The van der Waals surface area contributed by atoms with Crippen LogP contribution in [0.5, 0.6) is 5.75 Å². The number of benzene rings is 1. The molecule has 0 spiro atoms. The van der Waals surface area contributed by atoms with Crippen LogP contribution in [-0.4, -0.2) is 37.3 Å². The zero-order chi connectivity index (χ0) is 18.7. The lowest BCUT2D eigenvalue weighted by molar-refractivity contribution is -0.162. The van der Waals surface area contributed by atoms with Gasteiger partial charge in [0.2, 0.25) is 0 Å². The molecule has 2 aliphatic rings. The molecule has 2 fully saturated rings. The van der Waals surface area contributed by atoms with Gasteiger partial charge in [-0.15, -0.1) is 0 Å². The van der Waals surface area contributed by atoms with Gasteiger partial charge in [-0.25, -0.2) is 0 Å². The Kier molecular flexibility index (Phi) is 8.92. The Morgan fingerprint density at radius 2 is 1.59 bits per heavy atom. The molecule has 0 radical (unpaired) electrons. The molecule has 0 aromatic heterocycles. The van der Waals surface area contributed by atoms with Gasteiger partial charge in [-0.1, -0.05) is 18.6 Å². The maximum atomic E-state index is 9.63. The molecule has 3 rings (SSSR count). The Balaban J connectivity index is 1.21. The molecule has 152 valence electrons. The van der Waals surface area contributed by atoms with E-state index in [0.29, 0.717) is 5.92 Å². The topological polar surface area (TPSA) is 47.9 Å². The lowest BCUT2D eigenvalue weighted by atomic mass is 9.83. The maximum Gasteiger partial charge on any atom is 0.157 e. The van der Waals surface area contributed by atoms with E-state index in [4.69, 9.17) is 14.2 Å². The van der Waals surface area contributed by atoms with Crippen molar-refractivity contribution < 1.29 is 19.3 Å². The van der Waals surface area contributed by atoms with Crippen molar-refractivity contribution in [1.82, 2.24) is 0 Å². The third-order valence-corrected chi connectivity index (χ3v) is 5.80. The molecular weight excluding hydrogens is 340 g/mol. The minimum Gasteiger partial charge on any atom is -0.494 e. The lowest BCUT2D eigenvalue weighted by Crippen LogP contribution is -2.22. The Morgan fingerprint density at radius 1 is 0.852 bits per heavy atom. The number of ether oxygens (including phenoxy) is 3. The van der Waals surface area contributed by atoms with Crippen LogP contribution in [0.25, 0.3) is 0 Å². The number of unbranched alkanes of at least 4 members (excludes halogenated alkanes) is 3. The molecule has 1 aliphatic heterocycles. The molecule has 1 aromatic carbocycles. The Bertz CT molecular complexity index is 502. The highest BCUT2D eigenvalue weighted by atomic mass is 16.7. The molecule has 1 saturated heterocycles. The second kappa shape index (κ2) is 11.7. The van der Waals surface area contributed by atoms with Gasteiger partial charge in [-0.3, -0.25) is 0 Å². The Morgan fingerprint density at radius 3 is 2.30 bits per heavy atom. The van der Waals surface area contributed by atoms with Crippen molar-refractivity contribution in [2.45, 2.75) is 88.9 Å². The van der Waals surface area contributed by atoms with Crippen molar-refractivity contribution in [2.75, 3.05) is 19.8 Å². The summed E-state index contributed by atoms with van der Waals surface area (Å²) in [5.74, 6) is 1.57. The van der Waals surface area contributed by atoms with Crippen molar-refractivity contribution in [3.63, 3.8) is 0 Å². The van der Waals surface area contributed by atoms with Crippen LogP contribution in [0.3, 0.4) is 0 Å². The van der Waals surface area contributed by atoms with Crippen LogP contribution in [0.15, 0.2) is 24.3 Å². The summed E-state index contributed by atoms with van der Waals surface area (Å²) in [5.41, 5.74) is 1.39. The third-order valence-electron chi connectivity index (χ3n) is 5.80. The average Bonchev–Trinajstić information content (AvgIpc) is 2.72. The summed E-state index contributed by atoms with van der Waals surface area (Å²) in [7, 11) is 0. The van der Waals surface area contributed by atoms with Gasteiger partial charge in [0.15, 0.2) is 6.29 Å². The maximum absolute atomic E-state index is 9.63. The number of hydrogen-bond acceptors (Lipinski definition) is 4. The standard InChI is InChI=1S/C23H36O4/c24-21-12-8-19(9-13-21)20-10-14-22(15-11-20)25-16-4-1-2-5-17-26-23-7-3-6-18-27-23/h10-11,14-15,19,21,23-24H,1-9,12-13,16-18H2. The largest absolute Gasteiger partial charge is 0.494 e. The van der Waals surface area contributed by atoms with Crippen LogP contribution >= 0.6 is 0 Å². The first kappa shape index (κ1) is 20.6. The molecule has 1 unspecified atom stereocenters. The van der Waals surface area contributed by atoms with Crippen LogP contribution in [0.1, 0.15) is 82.1 Å². The zero-order valence-electron chi connectivity index (χ0n) is 16.6. The first-order chi connectivity index (χ1) is 13.3. The minimum absolute atomic E-state index is 0.0451. The Labute approximate surface area is 164 Å². The summed E-state index contributed by atoms with van der Waals surface area (Å²) in [4.78, 5) is 0. The van der Waals surface area contributed by atoms with Gasteiger partial charge in [0, 0.05) is 13.2 Å². The smallest absolute Gasteiger partial charge is 0.157 e. The summed E-state index contributed by atoms with van der Waals surface area (Å²) in [5, 5.41) is 9.63. The second-order valence-electron chi connectivity index (χ2n) is 8.00. The first-order valence-electron chi connectivity index (χ1n) is 11.0. The van der Waals surface area contributed by atoms with Crippen LogP contribution < -0.4 is 4.74 Å². The van der Waals surface area contributed by atoms with Gasteiger partial charge in [0.1, 0.15) is 5.75 Å². The van der Waals surface area contributed by atoms with E-state index in [1.807, 2.05) is 0 Å².